The highest BCUT2D eigenvalue weighted by Crippen LogP contribution is 2.27. The maximum Gasteiger partial charge on any atom is 0.201 e. The quantitative estimate of drug-likeness (QED) is 0.582. The molecule has 0 saturated carbocycles. The lowest BCUT2D eigenvalue weighted by Crippen LogP contribution is -2.66. The number of guanidine groups is 2. The van der Waals surface area contributed by atoms with E-state index in [9.17, 15) is 4.39 Å². The van der Waals surface area contributed by atoms with Gasteiger partial charge >= 0.3 is 0 Å². The molecular weight excluding hydrogens is 411 g/mol. The van der Waals surface area contributed by atoms with Crippen molar-refractivity contribution in [2.24, 2.45) is 21.5 Å². The second-order valence-corrected chi connectivity index (χ2v) is 7.37. The first-order valence-corrected chi connectivity index (χ1v) is 9.39. The highest BCUT2D eigenvalue weighted by molar-refractivity contribution is 9.10. The molecule has 0 saturated heterocycles. The molecule has 27 heavy (non-hydrogen) atoms. The van der Waals surface area contributed by atoms with E-state index in [0.29, 0.717) is 18.9 Å². The minimum atomic E-state index is -1.11. The summed E-state index contributed by atoms with van der Waals surface area (Å²) >= 11 is 3.43. The molecule has 0 radical (unpaired) electrons. The van der Waals surface area contributed by atoms with Gasteiger partial charge < -0.3 is 11.1 Å². The monoisotopic (exact) mass is 432 g/mol. The van der Waals surface area contributed by atoms with Gasteiger partial charge in [0.25, 0.3) is 0 Å². The summed E-state index contributed by atoms with van der Waals surface area (Å²) in [5.41, 5.74) is 14.5. The predicted molar refractivity (Wildman–Crippen MR) is 110 cm³/mol. The van der Waals surface area contributed by atoms with Crippen LogP contribution in [0.4, 0.5) is 4.39 Å². The standard InChI is InChI=1S/C19H22BrFN6/c1-12(14-4-6-15(20)7-5-14)19(23)26-17(22)25-18(27-19)24-11-10-13-2-8-16(21)9-3-13/h2-9,12H,10-11,23H2,1H3,(H4,22,24,25,26,27)/t12-,19?/m0/s1. The molecule has 6 N–H and O–H groups in total. The molecule has 1 aliphatic heterocycles. The van der Waals surface area contributed by atoms with Crippen LogP contribution in [0.25, 0.3) is 0 Å². The molecular formula is C19H22BrFN6. The van der Waals surface area contributed by atoms with Gasteiger partial charge in [-0.2, -0.15) is 0 Å². The molecule has 1 heterocycles. The van der Waals surface area contributed by atoms with Crippen molar-refractivity contribution in [3.05, 3.63) is 69.9 Å². The Labute approximate surface area is 166 Å². The van der Waals surface area contributed by atoms with E-state index >= 15 is 0 Å². The van der Waals surface area contributed by atoms with Crippen LogP contribution < -0.4 is 22.1 Å². The largest absolute Gasteiger partial charge is 0.370 e. The molecule has 0 bridgehead atoms. The van der Waals surface area contributed by atoms with Crippen molar-refractivity contribution in [2.45, 2.75) is 25.0 Å². The first kappa shape index (κ1) is 19.3. The first-order valence-electron chi connectivity index (χ1n) is 8.59. The summed E-state index contributed by atoms with van der Waals surface area (Å²) in [5, 5.41) is 6.05. The van der Waals surface area contributed by atoms with Gasteiger partial charge in [-0.25, -0.2) is 9.38 Å². The van der Waals surface area contributed by atoms with Gasteiger partial charge in [0.1, 0.15) is 5.82 Å². The van der Waals surface area contributed by atoms with E-state index < -0.39 is 5.79 Å². The van der Waals surface area contributed by atoms with Crippen molar-refractivity contribution in [1.29, 1.82) is 0 Å². The fraction of sp³-hybridized carbons (Fsp3) is 0.263. The second-order valence-electron chi connectivity index (χ2n) is 6.45. The Balaban J connectivity index is 1.71. The van der Waals surface area contributed by atoms with Crippen LogP contribution in [-0.4, -0.2) is 24.3 Å². The summed E-state index contributed by atoms with van der Waals surface area (Å²) < 4.78 is 14.0. The van der Waals surface area contributed by atoms with Crippen molar-refractivity contribution >= 4 is 27.8 Å². The summed E-state index contributed by atoms with van der Waals surface area (Å²) in [5.74, 6) is -0.831. The zero-order valence-electron chi connectivity index (χ0n) is 14.9. The highest BCUT2D eigenvalue weighted by Gasteiger charge is 2.36. The molecule has 1 unspecified atom stereocenters. The Morgan fingerprint density at radius 3 is 2.52 bits per heavy atom. The maximum atomic E-state index is 13.0. The fourth-order valence-electron chi connectivity index (χ4n) is 2.84. The summed E-state index contributed by atoms with van der Waals surface area (Å²) in [6.45, 7) is 2.48. The fourth-order valence-corrected chi connectivity index (χ4v) is 3.10. The third kappa shape index (κ3) is 4.84. The van der Waals surface area contributed by atoms with E-state index in [1.165, 1.54) is 12.1 Å². The van der Waals surface area contributed by atoms with Crippen LogP contribution in [0, 0.1) is 5.82 Å². The number of nitrogens with zero attached hydrogens (tertiary/aromatic N) is 2. The Morgan fingerprint density at radius 2 is 1.85 bits per heavy atom. The highest BCUT2D eigenvalue weighted by atomic mass is 79.9. The van der Waals surface area contributed by atoms with Gasteiger partial charge in [-0.05, 0) is 41.8 Å². The molecule has 0 amide bonds. The van der Waals surface area contributed by atoms with Crippen molar-refractivity contribution < 1.29 is 4.39 Å². The van der Waals surface area contributed by atoms with Gasteiger partial charge in [0.05, 0.1) is 0 Å². The Morgan fingerprint density at radius 1 is 1.19 bits per heavy atom. The molecule has 2 atom stereocenters. The van der Waals surface area contributed by atoms with Gasteiger partial charge in [-0.15, -0.1) is 0 Å². The molecule has 0 fully saturated rings. The lowest BCUT2D eigenvalue weighted by atomic mass is 9.94. The van der Waals surface area contributed by atoms with Crippen LogP contribution in [-0.2, 0) is 6.42 Å². The van der Waals surface area contributed by atoms with E-state index in [2.05, 4.69) is 36.5 Å². The number of hydrogen-bond donors (Lipinski definition) is 4. The van der Waals surface area contributed by atoms with Gasteiger partial charge in [-0.3, -0.25) is 16.0 Å². The Bertz CT molecular complexity index is 850. The summed E-state index contributed by atoms with van der Waals surface area (Å²) in [4.78, 5) is 8.84. The molecule has 142 valence electrons. The van der Waals surface area contributed by atoms with Crippen LogP contribution >= 0.6 is 15.9 Å². The van der Waals surface area contributed by atoms with E-state index in [1.807, 2.05) is 31.2 Å². The van der Waals surface area contributed by atoms with Crippen molar-refractivity contribution in [2.75, 3.05) is 6.54 Å². The first-order chi connectivity index (χ1) is 12.9. The number of nitrogens with two attached hydrogens (primary N) is 2. The van der Waals surface area contributed by atoms with Gasteiger partial charge in [0, 0.05) is 16.9 Å². The molecule has 3 rings (SSSR count). The minimum Gasteiger partial charge on any atom is -0.370 e. The summed E-state index contributed by atoms with van der Waals surface area (Å²) in [7, 11) is 0. The number of benzene rings is 2. The Hall–Kier alpha value is -2.45. The van der Waals surface area contributed by atoms with Crippen LogP contribution in [0.5, 0.6) is 0 Å². The smallest absolute Gasteiger partial charge is 0.201 e. The third-order valence-corrected chi connectivity index (χ3v) is 5.01. The Kier molecular flexibility index (Phi) is 5.76. The number of hydrogen-bond acceptors (Lipinski definition) is 4. The minimum absolute atomic E-state index is 0.145. The zero-order valence-corrected chi connectivity index (χ0v) is 16.5. The molecule has 1 aliphatic rings. The second kappa shape index (κ2) is 8.06. The van der Waals surface area contributed by atoms with Crippen molar-refractivity contribution in [3.63, 3.8) is 0 Å². The van der Waals surface area contributed by atoms with Gasteiger partial charge in [0.15, 0.2) is 11.7 Å². The summed E-state index contributed by atoms with van der Waals surface area (Å²) in [6, 6.07) is 14.3. The third-order valence-electron chi connectivity index (χ3n) is 4.48. The van der Waals surface area contributed by atoms with E-state index in [-0.39, 0.29) is 17.7 Å². The van der Waals surface area contributed by atoms with E-state index in [4.69, 9.17) is 11.5 Å². The normalized spacial score (nSPS) is 21.9. The lowest BCUT2D eigenvalue weighted by molar-refractivity contribution is 0.337. The number of rotatable bonds is 5. The number of nitrogens with one attached hydrogen (secondary N) is 2. The molecule has 0 aromatic heterocycles. The van der Waals surface area contributed by atoms with Crippen molar-refractivity contribution in [1.82, 2.24) is 10.6 Å². The molecule has 2 aromatic rings. The molecule has 6 nitrogen and oxygen atoms in total. The van der Waals surface area contributed by atoms with Crippen molar-refractivity contribution in [3.8, 4) is 0 Å². The molecule has 0 aliphatic carbocycles. The maximum absolute atomic E-state index is 13.0. The topological polar surface area (TPSA) is 101 Å². The van der Waals surface area contributed by atoms with E-state index in [0.717, 1.165) is 15.6 Å². The molecule has 0 spiro atoms. The lowest BCUT2D eigenvalue weighted by Gasteiger charge is -2.37. The average molecular weight is 433 g/mol. The van der Waals surface area contributed by atoms with Crippen LogP contribution in [0.1, 0.15) is 24.0 Å². The molecule has 8 heteroatoms. The van der Waals surface area contributed by atoms with Gasteiger partial charge in [-0.1, -0.05) is 47.1 Å². The SMILES string of the molecule is C[C@@H](c1ccc(Br)cc1)C1(N)N=C(N)NC(=NCCc2ccc(F)cc2)N1. The van der Waals surface area contributed by atoms with Gasteiger partial charge in [0.2, 0.25) is 5.96 Å². The number of halogens is 2. The zero-order chi connectivity index (χ0) is 19.4. The number of aliphatic imine (C=N–C) groups is 2. The van der Waals surface area contributed by atoms with Crippen LogP contribution in [0.15, 0.2) is 63.0 Å². The van der Waals surface area contributed by atoms with E-state index in [1.54, 1.807) is 12.1 Å². The predicted octanol–water partition coefficient (Wildman–Crippen LogP) is 2.41. The van der Waals surface area contributed by atoms with Crippen LogP contribution in [0.2, 0.25) is 0 Å². The average Bonchev–Trinajstić information content (AvgIpc) is 2.63. The molecule has 2 aromatic carbocycles. The summed E-state index contributed by atoms with van der Waals surface area (Å²) in [6.07, 6.45) is 0.671. The van der Waals surface area contributed by atoms with Crippen LogP contribution in [0.3, 0.4) is 0 Å².